The number of carbonyl (C=O) groups is 1. The van der Waals surface area contributed by atoms with Gasteiger partial charge in [0, 0.05) is 0 Å². The molecule has 0 heterocycles. The van der Waals surface area contributed by atoms with Crippen molar-refractivity contribution in [3.05, 3.63) is 0 Å². The number of hydrogen-bond donors (Lipinski definition) is 0. The minimum atomic E-state index is -0.750. The zero-order valence-electron chi connectivity index (χ0n) is 5.66. The first kappa shape index (κ1) is 11.8. The highest BCUT2D eigenvalue weighted by Gasteiger charge is 1.92. The standard InChI is InChI=1S/C4H8O3.O2S/c1-3-7-4(5)6-2;1-3-2/h3H2,1-2H3;. The molecule has 0 spiro atoms. The molecule has 0 aliphatic carbocycles. The van der Waals surface area contributed by atoms with E-state index in [0.717, 1.165) is 0 Å². The molecule has 0 aliphatic heterocycles. The van der Waals surface area contributed by atoms with Crippen LogP contribution in [0.1, 0.15) is 6.92 Å². The van der Waals surface area contributed by atoms with Crippen molar-refractivity contribution in [2.24, 2.45) is 0 Å². The van der Waals surface area contributed by atoms with Gasteiger partial charge in [-0.05, 0) is 6.92 Å². The fraction of sp³-hybridized carbons (Fsp3) is 0.750. The Bertz CT molecular complexity index is 117. The first-order chi connectivity index (χ1) is 4.72. The predicted octanol–water partition coefficient (Wildman–Crippen LogP) is 0.119. The van der Waals surface area contributed by atoms with Gasteiger partial charge < -0.3 is 9.47 Å². The van der Waals surface area contributed by atoms with Gasteiger partial charge in [0.1, 0.15) is 0 Å². The highest BCUT2D eigenvalue weighted by Crippen LogP contribution is 1.77. The van der Waals surface area contributed by atoms with Gasteiger partial charge in [0.25, 0.3) is 0 Å². The van der Waals surface area contributed by atoms with Crippen LogP contribution in [0.3, 0.4) is 0 Å². The molecule has 0 aromatic carbocycles. The van der Waals surface area contributed by atoms with E-state index in [2.05, 4.69) is 9.47 Å². The summed E-state index contributed by atoms with van der Waals surface area (Å²) in [5, 5.41) is 0. The van der Waals surface area contributed by atoms with Crippen molar-refractivity contribution >= 4 is 17.7 Å². The average Bonchev–Trinajstić information content (AvgIpc) is 1.90. The maximum absolute atomic E-state index is 9.97. The molecule has 0 saturated heterocycles. The van der Waals surface area contributed by atoms with Crippen LogP contribution in [0.15, 0.2) is 0 Å². The maximum atomic E-state index is 9.97. The third-order valence-electron chi connectivity index (χ3n) is 0.429. The summed E-state index contributed by atoms with van der Waals surface area (Å²) in [6, 6.07) is 0. The van der Waals surface area contributed by atoms with Crippen LogP contribution < -0.4 is 0 Å². The van der Waals surface area contributed by atoms with Crippen molar-refractivity contribution in [1.29, 1.82) is 0 Å². The molecule has 60 valence electrons. The molecule has 0 aromatic heterocycles. The highest BCUT2D eigenvalue weighted by molar-refractivity contribution is 7.51. The van der Waals surface area contributed by atoms with Crippen molar-refractivity contribution in [3.63, 3.8) is 0 Å². The van der Waals surface area contributed by atoms with Crippen LogP contribution in [0.5, 0.6) is 0 Å². The Morgan fingerprint density at radius 2 is 1.90 bits per heavy atom. The molecule has 0 amide bonds. The Kier molecular flexibility index (Phi) is 13.0. The fourth-order valence-electron chi connectivity index (χ4n) is 0.177. The third-order valence-corrected chi connectivity index (χ3v) is 0.429. The van der Waals surface area contributed by atoms with Crippen LogP contribution >= 0.6 is 0 Å². The van der Waals surface area contributed by atoms with Gasteiger partial charge in [0.2, 0.25) is 0 Å². The SMILES string of the molecule is CCOC(=O)OC.O=S=O. The van der Waals surface area contributed by atoms with Gasteiger partial charge in [-0.1, -0.05) is 0 Å². The molecule has 0 aliphatic rings. The minimum Gasteiger partial charge on any atom is -0.438 e. The normalized spacial score (nSPS) is 6.60. The third kappa shape index (κ3) is 15.7. The minimum absolute atomic E-state index is 0.368. The number of rotatable bonds is 1. The Morgan fingerprint density at radius 1 is 1.50 bits per heavy atom. The molecule has 0 bridgehead atoms. The quantitative estimate of drug-likeness (QED) is 0.520. The summed E-state index contributed by atoms with van der Waals surface area (Å²) >= 11 is -0.750. The van der Waals surface area contributed by atoms with Gasteiger partial charge in [-0.25, -0.2) is 4.79 Å². The Morgan fingerprint density at radius 3 is 2.00 bits per heavy atom. The van der Waals surface area contributed by atoms with E-state index in [9.17, 15) is 4.79 Å². The van der Waals surface area contributed by atoms with E-state index in [1.807, 2.05) is 0 Å². The van der Waals surface area contributed by atoms with Gasteiger partial charge in [-0.2, -0.15) is 8.42 Å². The topological polar surface area (TPSA) is 69.7 Å². The number of hydrogen-bond acceptors (Lipinski definition) is 5. The van der Waals surface area contributed by atoms with Gasteiger partial charge in [-0.15, -0.1) is 0 Å². The van der Waals surface area contributed by atoms with Crippen LogP contribution in [-0.4, -0.2) is 28.3 Å². The largest absolute Gasteiger partial charge is 0.507 e. The molecule has 6 heteroatoms. The summed E-state index contributed by atoms with van der Waals surface area (Å²) in [6.07, 6.45) is -0.623. The van der Waals surface area contributed by atoms with Gasteiger partial charge >= 0.3 is 17.7 Å². The zero-order chi connectivity index (χ0) is 8.41. The number of carbonyl (C=O) groups excluding carboxylic acids is 1. The highest BCUT2D eigenvalue weighted by atomic mass is 32.1. The second-order valence-electron chi connectivity index (χ2n) is 0.955. The van der Waals surface area contributed by atoms with Crippen molar-refractivity contribution in [1.82, 2.24) is 0 Å². The summed E-state index contributed by atoms with van der Waals surface area (Å²) in [5.74, 6) is 0. The lowest BCUT2D eigenvalue weighted by molar-refractivity contribution is 0.0771. The van der Waals surface area contributed by atoms with E-state index >= 15 is 0 Å². The van der Waals surface area contributed by atoms with Crippen LogP contribution in [-0.2, 0) is 21.0 Å². The average molecular weight is 168 g/mol. The van der Waals surface area contributed by atoms with Crippen molar-refractivity contribution in [2.45, 2.75) is 6.92 Å². The van der Waals surface area contributed by atoms with Crippen molar-refractivity contribution in [3.8, 4) is 0 Å². The van der Waals surface area contributed by atoms with Gasteiger partial charge in [-0.3, -0.25) is 0 Å². The summed E-state index contributed by atoms with van der Waals surface area (Å²) in [5.41, 5.74) is 0. The van der Waals surface area contributed by atoms with E-state index in [1.165, 1.54) is 7.11 Å². The van der Waals surface area contributed by atoms with Crippen molar-refractivity contribution < 1.29 is 22.7 Å². The molecule has 0 radical (unpaired) electrons. The number of ether oxygens (including phenoxy) is 2. The zero-order valence-corrected chi connectivity index (χ0v) is 6.47. The summed E-state index contributed by atoms with van der Waals surface area (Å²) in [7, 11) is 1.28. The molecule has 0 aromatic rings. The lowest BCUT2D eigenvalue weighted by Crippen LogP contribution is -2.02. The van der Waals surface area contributed by atoms with Crippen LogP contribution in [0.2, 0.25) is 0 Å². The molecular formula is C4H8O5S. The second kappa shape index (κ2) is 11.0. The fourth-order valence-corrected chi connectivity index (χ4v) is 0.177. The van der Waals surface area contributed by atoms with E-state index in [-0.39, 0.29) is 0 Å². The molecule has 0 rings (SSSR count). The Hall–Kier alpha value is -0.910. The molecule has 0 unspecified atom stereocenters. The monoisotopic (exact) mass is 168 g/mol. The summed E-state index contributed by atoms with van der Waals surface area (Å²) in [6.45, 7) is 2.09. The first-order valence-corrected chi connectivity index (χ1v) is 3.02. The van der Waals surface area contributed by atoms with E-state index in [4.69, 9.17) is 8.42 Å². The first-order valence-electron chi connectivity index (χ1n) is 2.35. The predicted molar refractivity (Wildman–Crippen MR) is 33.0 cm³/mol. The maximum Gasteiger partial charge on any atom is 0.507 e. The molecule has 5 nitrogen and oxygen atoms in total. The van der Waals surface area contributed by atoms with Gasteiger partial charge in [0.15, 0.2) is 0 Å². The summed E-state index contributed by atoms with van der Waals surface area (Å²) < 4.78 is 25.0. The van der Waals surface area contributed by atoms with Gasteiger partial charge in [0.05, 0.1) is 13.7 Å². The van der Waals surface area contributed by atoms with E-state index < -0.39 is 17.7 Å². The van der Waals surface area contributed by atoms with Crippen molar-refractivity contribution in [2.75, 3.05) is 13.7 Å². The lowest BCUT2D eigenvalue weighted by Gasteiger charge is -1.94. The Balaban J connectivity index is 0. The molecule has 0 saturated carbocycles. The lowest BCUT2D eigenvalue weighted by atomic mass is 10.9. The molecular weight excluding hydrogens is 160 g/mol. The van der Waals surface area contributed by atoms with Crippen LogP contribution in [0.4, 0.5) is 4.79 Å². The van der Waals surface area contributed by atoms with E-state index in [1.54, 1.807) is 6.92 Å². The second-order valence-corrected chi connectivity index (χ2v) is 1.09. The smallest absolute Gasteiger partial charge is 0.438 e. The van der Waals surface area contributed by atoms with Crippen LogP contribution in [0, 0.1) is 0 Å². The number of methoxy groups -OCH3 is 1. The molecule has 0 N–H and O–H groups in total. The van der Waals surface area contributed by atoms with Crippen LogP contribution in [0.25, 0.3) is 0 Å². The Labute approximate surface area is 61.9 Å². The molecule has 0 atom stereocenters. The molecule has 10 heavy (non-hydrogen) atoms. The van der Waals surface area contributed by atoms with E-state index in [0.29, 0.717) is 6.61 Å². The summed E-state index contributed by atoms with van der Waals surface area (Å²) in [4.78, 5) is 9.97. The molecule has 0 fully saturated rings.